The molecule has 6 heteroatoms. The lowest BCUT2D eigenvalue weighted by molar-refractivity contribution is -0.122. The standard InChI is InChI=1S/C17H24N2O4/c1-11(2)7-16(20)18-12-8-17(21)19(10-12)13-5-6-14(22-3)15(9-13)23-4/h5-6,9,11-12H,7-8,10H2,1-4H3,(H,18,20). The van der Waals surface area contributed by atoms with E-state index in [2.05, 4.69) is 5.32 Å². The third kappa shape index (κ3) is 4.15. The lowest BCUT2D eigenvalue weighted by Gasteiger charge is -2.19. The number of carbonyl (C=O) groups excluding carboxylic acids is 2. The molecule has 1 unspecified atom stereocenters. The van der Waals surface area contributed by atoms with Crippen molar-refractivity contribution >= 4 is 17.5 Å². The maximum atomic E-state index is 12.2. The monoisotopic (exact) mass is 320 g/mol. The maximum Gasteiger partial charge on any atom is 0.229 e. The van der Waals surface area contributed by atoms with Crippen molar-refractivity contribution in [3.05, 3.63) is 18.2 Å². The number of hydrogen-bond donors (Lipinski definition) is 1. The molecule has 0 radical (unpaired) electrons. The Morgan fingerprint density at radius 2 is 2.00 bits per heavy atom. The van der Waals surface area contributed by atoms with Crippen LogP contribution < -0.4 is 19.7 Å². The van der Waals surface area contributed by atoms with E-state index in [1.54, 1.807) is 31.3 Å². The van der Waals surface area contributed by atoms with Gasteiger partial charge in [-0.3, -0.25) is 9.59 Å². The Hall–Kier alpha value is -2.24. The van der Waals surface area contributed by atoms with E-state index in [0.717, 1.165) is 5.69 Å². The molecule has 1 N–H and O–H groups in total. The first-order chi connectivity index (χ1) is 10.9. The molecule has 0 spiro atoms. The number of carbonyl (C=O) groups is 2. The second-order valence-corrected chi connectivity index (χ2v) is 6.11. The maximum absolute atomic E-state index is 12.2. The molecule has 1 saturated heterocycles. The number of methoxy groups -OCH3 is 2. The number of hydrogen-bond acceptors (Lipinski definition) is 4. The average Bonchev–Trinajstić information content (AvgIpc) is 2.85. The molecule has 0 aromatic heterocycles. The Bertz CT molecular complexity index is 586. The Morgan fingerprint density at radius 1 is 1.30 bits per heavy atom. The molecule has 1 aromatic carbocycles. The van der Waals surface area contributed by atoms with Crippen LogP contribution >= 0.6 is 0 Å². The zero-order valence-electron chi connectivity index (χ0n) is 14.1. The van der Waals surface area contributed by atoms with Crippen molar-refractivity contribution in [2.24, 2.45) is 5.92 Å². The van der Waals surface area contributed by atoms with Gasteiger partial charge in [0.15, 0.2) is 11.5 Å². The van der Waals surface area contributed by atoms with Gasteiger partial charge in [0.1, 0.15) is 0 Å². The molecule has 1 aliphatic rings. The summed E-state index contributed by atoms with van der Waals surface area (Å²) >= 11 is 0. The van der Waals surface area contributed by atoms with Gasteiger partial charge in [-0.15, -0.1) is 0 Å². The molecule has 2 rings (SSSR count). The van der Waals surface area contributed by atoms with Crippen molar-refractivity contribution < 1.29 is 19.1 Å². The quantitative estimate of drug-likeness (QED) is 0.870. The molecule has 6 nitrogen and oxygen atoms in total. The average molecular weight is 320 g/mol. The molecule has 23 heavy (non-hydrogen) atoms. The van der Waals surface area contributed by atoms with Crippen LogP contribution in [0.2, 0.25) is 0 Å². The lowest BCUT2D eigenvalue weighted by Crippen LogP contribution is -2.37. The molecule has 0 bridgehead atoms. The van der Waals surface area contributed by atoms with Gasteiger partial charge in [-0.05, 0) is 18.1 Å². The molecule has 1 aromatic rings. The second kappa shape index (κ2) is 7.35. The van der Waals surface area contributed by atoms with Gasteiger partial charge in [-0.25, -0.2) is 0 Å². The van der Waals surface area contributed by atoms with Crippen molar-refractivity contribution in [2.75, 3.05) is 25.7 Å². The van der Waals surface area contributed by atoms with Crippen LogP contribution in [0.1, 0.15) is 26.7 Å². The minimum absolute atomic E-state index is 0.00735. The zero-order valence-corrected chi connectivity index (χ0v) is 14.1. The van der Waals surface area contributed by atoms with Crippen LogP contribution in [-0.2, 0) is 9.59 Å². The van der Waals surface area contributed by atoms with Crippen molar-refractivity contribution in [1.82, 2.24) is 5.32 Å². The van der Waals surface area contributed by atoms with Gasteiger partial charge in [0.25, 0.3) is 0 Å². The first kappa shape index (κ1) is 17.1. The number of anilines is 1. The number of benzene rings is 1. The largest absolute Gasteiger partial charge is 0.493 e. The molecule has 1 atom stereocenters. The summed E-state index contributed by atoms with van der Waals surface area (Å²) in [4.78, 5) is 25.8. The zero-order chi connectivity index (χ0) is 17.0. The smallest absolute Gasteiger partial charge is 0.229 e. The normalized spacial score (nSPS) is 17.5. The Kier molecular flexibility index (Phi) is 5.47. The van der Waals surface area contributed by atoms with E-state index in [9.17, 15) is 9.59 Å². The van der Waals surface area contributed by atoms with Crippen LogP contribution in [0.25, 0.3) is 0 Å². The minimum Gasteiger partial charge on any atom is -0.493 e. The molecule has 0 aliphatic carbocycles. The third-order valence-corrected chi connectivity index (χ3v) is 3.76. The number of nitrogens with zero attached hydrogens (tertiary/aromatic N) is 1. The number of rotatable bonds is 6. The van der Waals surface area contributed by atoms with E-state index >= 15 is 0 Å². The van der Waals surface area contributed by atoms with Crippen molar-refractivity contribution in [3.8, 4) is 11.5 Å². The molecular weight excluding hydrogens is 296 g/mol. The highest BCUT2D eigenvalue weighted by atomic mass is 16.5. The highest BCUT2D eigenvalue weighted by Crippen LogP contribution is 2.33. The van der Waals surface area contributed by atoms with Crippen LogP contribution in [0, 0.1) is 5.92 Å². The molecule has 1 heterocycles. The molecule has 126 valence electrons. The molecule has 2 amide bonds. The number of amides is 2. The molecule has 0 saturated carbocycles. The topological polar surface area (TPSA) is 67.9 Å². The Balaban J connectivity index is 2.07. The van der Waals surface area contributed by atoms with Gasteiger partial charge in [0.05, 0.1) is 20.3 Å². The fourth-order valence-corrected chi connectivity index (χ4v) is 2.70. The van der Waals surface area contributed by atoms with E-state index in [4.69, 9.17) is 9.47 Å². The van der Waals surface area contributed by atoms with Gasteiger partial charge in [0, 0.05) is 31.1 Å². The van der Waals surface area contributed by atoms with Crippen LogP contribution in [-0.4, -0.2) is 38.6 Å². The fourth-order valence-electron chi connectivity index (χ4n) is 2.70. The van der Waals surface area contributed by atoms with Crippen molar-refractivity contribution in [3.63, 3.8) is 0 Å². The van der Waals surface area contributed by atoms with Gasteiger partial charge in [-0.1, -0.05) is 13.8 Å². The Labute approximate surface area is 136 Å². The van der Waals surface area contributed by atoms with E-state index in [-0.39, 0.29) is 17.9 Å². The van der Waals surface area contributed by atoms with E-state index in [1.165, 1.54) is 0 Å². The molecule has 1 aliphatic heterocycles. The predicted octanol–water partition coefficient (Wildman–Crippen LogP) is 1.97. The lowest BCUT2D eigenvalue weighted by atomic mass is 10.1. The van der Waals surface area contributed by atoms with E-state index in [0.29, 0.717) is 36.8 Å². The van der Waals surface area contributed by atoms with Gasteiger partial charge in [-0.2, -0.15) is 0 Å². The third-order valence-electron chi connectivity index (χ3n) is 3.76. The van der Waals surface area contributed by atoms with Crippen molar-refractivity contribution in [1.29, 1.82) is 0 Å². The van der Waals surface area contributed by atoms with E-state index in [1.807, 2.05) is 19.9 Å². The first-order valence-electron chi connectivity index (χ1n) is 7.76. The first-order valence-corrected chi connectivity index (χ1v) is 7.76. The van der Waals surface area contributed by atoms with Crippen LogP contribution in [0.15, 0.2) is 18.2 Å². The van der Waals surface area contributed by atoms with Gasteiger partial charge in [0.2, 0.25) is 11.8 Å². The van der Waals surface area contributed by atoms with Crippen LogP contribution in [0.3, 0.4) is 0 Å². The summed E-state index contributed by atoms with van der Waals surface area (Å²) in [5, 5.41) is 2.93. The fraction of sp³-hybridized carbons (Fsp3) is 0.529. The molecular formula is C17H24N2O4. The van der Waals surface area contributed by atoms with Crippen LogP contribution in [0.4, 0.5) is 5.69 Å². The second-order valence-electron chi connectivity index (χ2n) is 6.11. The highest BCUT2D eigenvalue weighted by Gasteiger charge is 2.32. The van der Waals surface area contributed by atoms with E-state index < -0.39 is 0 Å². The summed E-state index contributed by atoms with van der Waals surface area (Å²) in [6.45, 7) is 4.46. The minimum atomic E-state index is -0.151. The summed E-state index contributed by atoms with van der Waals surface area (Å²) in [5.41, 5.74) is 0.744. The summed E-state index contributed by atoms with van der Waals surface area (Å²) in [6.07, 6.45) is 0.791. The summed E-state index contributed by atoms with van der Waals surface area (Å²) < 4.78 is 10.5. The SMILES string of the molecule is COc1ccc(N2CC(NC(=O)CC(C)C)CC2=O)cc1OC. The molecule has 1 fully saturated rings. The van der Waals surface area contributed by atoms with Crippen LogP contribution in [0.5, 0.6) is 11.5 Å². The summed E-state index contributed by atoms with van der Waals surface area (Å²) in [5.74, 6) is 1.47. The summed E-state index contributed by atoms with van der Waals surface area (Å²) in [7, 11) is 3.13. The van der Waals surface area contributed by atoms with Crippen molar-refractivity contribution in [2.45, 2.75) is 32.7 Å². The summed E-state index contributed by atoms with van der Waals surface area (Å²) in [6, 6.07) is 5.21. The highest BCUT2D eigenvalue weighted by molar-refractivity contribution is 5.97. The van der Waals surface area contributed by atoms with Gasteiger partial charge >= 0.3 is 0 Å². The Morgan fingerprint density at radius 3 is 2.61 bits per heavy atom. The van der Waals surface area contributed by atoms with Gasteiger partial charge < -0.3 is 19.7 Å². The predicted molar refractivity (Wildman–Crippen MR) is 87.9 cm³/mol. The number of nitrogens with one attached hydrogen (secondary N) is 1. The number of ether oxygens (including phenoxy) is 2.